The molecule has 0 fully saturated rings. The summed E-state index contributed by atoms with van der Waals surface area (Å²) in [6, 6.07) is 45.4. The third-order valence-corrected chi connectivity index (χ3v) is 14.8. The third kappa shape index (κ3) is 23.8. The Kier molecular flexibility index (Phi) is 23.5. The third-order valence-electron chi connectivity index (χ3n) is 10.7. The second kappa shape index (κ2) is 28.7. The van der Waals surface area contributed by atoms with E-state index in [0.717, 1.165) is 37.5 Å². The number of furan rings is 1. The number of hydrogen-bond donors (Lipinski definition) is 3. The van der Waals surface area contributed by atoms with Gasteiger partial charge in [-0.05, 0) is 111 Å². The maximum Gasteiger partial charge on any atom is 0.251 e. The van der Waals surface area contributed by atoms with Crippen LogP contribution in [0, 0.1) is 5.41 Å². The summed E-state index contributed by atoms with van der Waals surface area (Å²) >= 11 is 6.69. The van der Waals surface area contributed by atoms with Crippen LogP contribution in [0.4, 0.5) is 11.4 Å². The van der Waals surface area contributed by atoms with Crippen molar-refractivity contribution in [3.05, 3.63) is 194 Å². The Balaban J connectivity index is 0.000000215. The lowest BCUT2D eigenvalue weighted by molar-refractivity contribution is -0.125. The van der Waals surface area contributed by atoms with E-state index in [2.05, 4.69) is 103 Å². The van der Waals surface area contributed by atoms with Crippen LogP contribution >= 0.6 is 46.2 Å². The number of carbonyl (C=O) groups excluding carboxylic acids is 4. The van der Waals surface area contributed by atoms with Gasteiger partial charge in [-0.2, -0.15) is 11.8 Å². The van der Waals surface area contributed by atoms with Gasteiger partial charge in [-0.25, -0.2) is 0 Å². The van der Waals surface area contributed by atoms with E-state index in [0.29, 0.717) is 36.5 Å². The number of Topliss-reactive ketones (excluding diaryl/α,β-unsaturated/α-hetero) is 1. The molecule has 3 aromatic heterocycles. The van der Waals surface area contributed by atoms with Crippen molar-refractivity contribution in [2.45, 2.75) is 129 Å². The van der Waals surface area contributed by atoms with Gasteiger partial charge in [-0.15, -0.1) is 34.4 Å². The Hall–Kier alpha value is -5.66. The molecule has 3 amide bonds. The summed E-state index contributed by atoms with van der Waals surface area (Å²) in [6.07, 6.45) is 2.63. The molecule has 3 N–H and O–H groups in total. The van der Waals surface area contributed by atoms with E-state index >= 15 is 0 Å². The number of hydrogen-bond acceptors (Lipinski definition) is 9. The zero-order valence-corrected chi connectivity index (χ0v) is 48.0. The smallest absolute Gasteiger partial charge is 0.251 e. The number of nitrogens with one attached hydrogen (secondary N) is 3. The lowest BCUT2D eigenvalue weighted by atomic mass is 9.87. The number of benzene rings is 4. The minimum Gasteiger partial charge on any atom is -0.467 e. The van der Waals surface area contributed by atoms with Gasteiger partial charge in [0, 0.05) is 53.9 Å². The van der Waals surface area contributed by atoms with Crippen LogP contribution in [0.1, 0.15) is 126 Å². The molecule has 0 unspecified atom stereocenters. The van der Waals surface area contributed by atoms with Crippen LogP contribution in [0.3, 0.4) is 0 Å². The molecule has 4 aromatic carbocycles. The van der Waals surface area contributed by atoms with Crippen molar-refractivity contribution in [3.8, 4) is 0 Å². The predicted molar refractivity (Wildman–Crippen MR) is 313 cm³/mol. The fourth-order valence-electron chi connectivity index (χ4n) is 6.32. The molecule has 0 bridgehead atoms. The molecular weight excluding hydrogens is 983 g/mol. The van der Waals surface area contributed by atoms with E-state index in [1.807, 2.05) is 159 Å². The van der Waals surface area contributed by atoms with Gasteiger partial charge in [0.25, 0.3) is 5.91 Å². The van der Waals surface area contributed by atoms with E-state index in [1.165, 1.54) is 16.7 Å². The summed E-state index contributed by atoms with van der Waals surface area (Å²) in [7, 11) is 0. The van der Waals surface area contributed by atoms with Crippen molar-refractivity contribution in [1.29, 1.82) is 0 Å². The monoisotopic (exact) mass is 1060 g/mol. The maximum absolute atomic E-state index is 12.0. The summed E-state index contributed by atoms with van der Waals surface area (Å²) in [5.41, 5.74) is 6.21. The topological polar surface area (TPSA) is 118 Å². The number of rotatable bonds is 14. The molecule has 0 saturated heterocycles. The predicted octanol–water partition coefficient (Wildman–Crippen LogP) is 16.1. The minimum absolute atomic E-state index is 0.0207. The van der Waals surface area contributed by atoms with Crippen molar-refractivity contribution in [3.63, 3.8) is 0 Å². The molecule has 0 aliphatic heterocycles. The largest absolute Gasteiger partial charge is 0.467 e. The van der Waals surface area contributed by atoms with Crippen LogP contribution < -0.4 is 16.0 Å². The van der Waals surface area contributed by atoms with E-state index in [4.69, 9.17) is 4.42 Å². The highest BCUT2D eigenvalue weighted by Gasteiger charge is 2.21. The first-order valence-corrected chi connectivity index (χ1v) is 28.2. The molecule has 0 saturated carbocycles. The number of anilines is 2. The van der Waals surface area contributed by atoms with Crippen molar-refractivity contribution >= 4 is 81.1 Å². The first-order valence-electron chi connectivity index (χ1n) is 24.4. The van der Waals surface area contributed by atoms with Crippen LogP contribution in [0.5, 0.6) is 0 Å². The Morgan fingerprint density at radius 3 is 1.52 bits per heavy atom. The molecule has 12 heteroatoms. The first kappa shape index (κ1) is 59.9. The maximum atomic E-state index is 12.0. The van der Waals surface area contributed by atoms with Gasteiger partial charge in [-0.1, -0.05) is 150 Å². The normalized spacial score (nSPS) is 11.3. The molecule has 8 nitrogen and oxygen atoms in total. The Labute approximate surface area is 452 Å². The molecule has 7 rings (SSSR count). The average Bonchev–Trinajstić information content (AvgIpc) is 4.16. The van der Waals surface area contributed by atoms with Crippen molar-refractivity contribution < 1.29 is 23.6 Å². The van der Waals surface area contributed by atoms with Crippen LogP contribution in [-0.4, -0.2) is 34.0 Å². The minimum atomic E-state index is -0.204. The van der Waals surface area contributed by atoms with Crippen LogP contribution in [0.25, 0.3) is 0 Å². The van der Waals surface area contributed by atoms with Crippen molar-refractivity contribution in [2.24, 2.45) is 5.41 Å². The molecule has 0 radical (unpaired) electrons. The number of carbonyl (C=O) groups is 4. The quantitative estimate of drug-likeness (QED) is 0.0929. The highest BCUT2D eigenvalue weighted by Crippen LogP contribution is 2.28. The van der Waals surface area contributed by atoms with E-state index < -0.39 is 0 Å². The second-order valence-electron chi connectivity index (χ2n) is 21.4. The summed E-state index contributed by atoms with van der Waals surface area (Å²) < 4.78 is 5.43. The average molecular weight is 1060 g/mol. The van der Waals surface area contributed by atoms with E-state index in [-0.39, 0.29) is 38.7 Å². The summed E-state index contributed by atoms with van der Waals surface area (Å²) in [5.74, 6) is 2.41. The van der Waals surface area contributed by atoms with Crippen molar-refractivity contribution in [1.82, 2.24) is 5.32 Å². The van der Waals surface area contributed by atoms with Crippen LogP contribution in [-0.2, 0) is 50.4 Å². The zero-order valence-electron chi connectivity index (χ0n) is 44.7. The molecule has 3 heterocycles. The molecule has 7 aromatic rings. The lowest BCUT2D eigenvalue weighted by Gasteiger charge is -2.19. The lowest BCUT2D eigenvalue weighted by Crippen LogP contribution is -2.22. The van der Waals surface area contributed by atoms with Gasteiger partial charge < -0.3 is 20.4 Å². The number of ketones is 1. The van der Waals surface area contributed by atoms with E-state index in [9.17, 15) is 19.2 Å². The van der Waals surface area contributed by atoms with Crippen molar-refractivity contribution in [2.75, 3.05) is 16.4 Å². The molecule has 0 aliphatic rings. The summed E-state index contributed by atoms with van der Waals surface area (Å²) in [4.78, 5) is 50.7. The van der Waals surface area contributed by atoms with Gasteiger partial charge in [0.1, 0.15) is 11.5 Å². The molecule has 388 valence electrons. The van der Waals surface area contributed by atoms with Gasteiger partial charge >= 0.3 is 0 Å². The van der Waals surface area contributed by atoms with Crippen LogP contribution in [0.2, 0.25) is 0 Å². The Morgan fingerprint density at radius 1 is 0.548 bits per heavy atom. The molecule has 0 atom stereocenters. The number of amides is 3. The standard InChI is InChI=1S/C18H21NOS.C17H21NO2S.C16H19NOS.C10H14OS/c1-18(2,3)14-9-11-15(12-10-14)19-17(20)13-21-16-7-5-4-6-8-16;1-17(2,3)21-12-13-6-8-14(9-7-13)16(19)18-11-15-5-4-10-20-15;1-16(2,3)12-6-8-13(9-7-12)17-15(18)11-14-5-4-10-19-14;1-10(2,3)9(11)7-8-5-4-6-12-8/h4-12H,13H2,1-3H3,(H,19,20);4-10H,11-12H2,1-3H3,(H,18,19);4-10H,11H2,1-3H3,(H,17,18);4-6H,7H2,1-3H3. The zero-order chi connectivity index (χ0) is 53.7. The highest BCUT2D eigenvalue weighted by molar-refractivity contribution is 8.00. The second-order valence-corrected chi connectivity index (χ2v) is 26.3. The number of thiophene rings is 2. The van der Waals surface area contributed by atoms with Gasteiger partial charge in [0.15, 0.2) is 0 Å². The highest BCUT2D eigenvalue weighted by atomic mass is 32.2. The molecule has 0 spiro atoms. The van der Waals surface area contributed by atoms with Gasteiger partial charge in [0.2, 0.25) is 11.8 Å². The number of thioether (sulfide) groups is 2. The Morgan fingerprint density at radius 2 is 1.07 bits per heavy atom. The molecule has 0 aliphatic carbocycles. The van der Waals surface area contributed by atoms with Gasteiger partial charge in [0.05, 0.1) is 25.0 Å². The fourth-order valence-corrected chi connectivity index (χ4v) is 9.24. The fraction of sp³-hybridized carbons (Fsp3) is 0.344. The summed E-state index contributed by atoms with van der Waals surface area (Å²) in [6.45, 7) is 26.0. The molecular formula is C61H75N3O5S4. The SMILES string of the molecule is CC(C)(C)C(=O)Cc1cccs1.CC(C)(C)SCc1ccc(C(=O)NCc2ccco2)cc1.CC(C)(C)c1ccc(NC(=O)CSc2ccccc2)cc1.CC(C)(C)c1ccc(NC(=O)Cc2cccs2)cc1. The Bertz CT molecular complexity index is 2690. The summed E-state index contributed by atoms with van der Waals surface area (Å²) in [5, 5.41) is 12.7. The van der Waals surface area contributed by atoms with E-state index in [1.54, 1.807) is 40.7 Å². The first-order chi connectivity index (χ1) is 34.3. The molecule has 73 heavy (non-hydrogen) atoms. The van der Waals surface area contributed by atoms with Gasteiger partial charge in [-0.3, -0.25) is 19.2 Å². The van der Waals surface area contributed by atoms with Crippen LogP contribution in [0.15, 0.2) is 166 Å².